The number of rotatable bonds is 6. The minimum atomic E-state index is -0.373. The molecule has 0 spiro atoms. The topological polar surface area (TPSA) is 39.4 Å². The maximum absolute atomic E-state index is 11.2. The molecule has 0 aromatic carbocycles. The van der Waals surface area contributed by atoms with Gasteiger partial charge in [-0.2, -0.15) is 0 Å². The minimum Gasteiger partial charge on any atom is -0.496 e. The lowest BCUT2D eigenvalue weighted by atomic mass is 10.1. The summed E-state index contributed by atoms with van der Waals surface area (Å²) >= 11 is 0. The van der Waals surface area contributed by atoms with E-state index in [1.165, 1.54) is 25.3 Å². The van der Waals surface area contributed by atoms with Gasteiger partial charge >= 0.3 is 5.63 Å². The molecule has 0 aliphatic rings. The van der Waals surface area contributed by atoms with Crippen LogP contribution in [0.5, 0.6) is 5.75 Å². The maximum Gasteiger partial charge on any atom is 0.339 e. The van der Waals surface area contributed by atoms with Crippen LogP contribution in [-0.2, 0) is 0 Å². The molecule has 0 bridgehead atoms. The Hall–Kier alpha value is -1.51. The van der Waals surface area contributed by atoms with Crippen LogP contribution in [0.3, 0.4) is 0 Å². The Morgan fingerprint density at radius 2 is 2.18 bits per heavy atom. The quantitative estimate of drug-likeness (QED) is 0.709. The van der Waals surface area contributed by atoms with Gasteiger partial charge in [-0.1, -0.05) is 31.9 Å². The van der Waals surface area contributed by atoms with Crippen molar-refractivity contribution in [1.82, 2.24) is 0 Å². The first-order chi connectivity index (χ1) is 8.19. The summed E-state index contributed by atoms with van der Waals surface area (Å²) in [5.41, 5.74) is 0.478. The Bertz CT molecular complexity index is 430. The van der Waals surface area contributed by atoms with E-state index >= 15 is 0 Å². The van der Waals surface area contributed by atoms with Crippen molar-refractivity contribution in [2.75, 3.05) is 7.11 Å². The molecule has 94 valence electrons. The number of aryl methyl sites for hydroxylation is 1. The zero-order valence-electron chi connectivity index (χ0n) is 10.8. The monoisotopic (exact) mass is 236 g/mol. The Labute approximate surface area is 102 Å². The molecule has 3 heteroatoms. The van der Waals surface area contributed by atoms with Gasteiger partial charge in [-0.05, 0) is 19.8 Å². The first-order valence-corrected chi connectivity index (χ1v) is 6.04. The fourth-order valence-corrected chi connectivity index (χ4v) is 1.68. The number of methoxy groups -OCH3 is 1. The molecule has 0 fully saturated rings. The molecule has 1 aromatic rings. The van der Waals surface area contributed by atoms with Crippen LogP contribution >= 0.6 is 0 Å². The van der Waals surface area contributed by atoms with Crippen molar-refractivity contribution in [1.29, 1.82) is 0 Å². The van der Waals surface area contributed by atoms with Gasteiger partial charge in [-0.3, -0.25) is 0 Å². The molecule has 0 atom stereocenters. The molecule has 1 aromatic heterocycles. The zero-order chi connectivity index (χ0) is 12.7. The van der Waals surface area contributed by atoms with Gasteiger partial charge in [0.25, 0.3) is 0 Å². The normalized spacial score (nSPS) is 11.0. The minimum absolute atomic E-state index is 0.373. The van der Waals surface area contributed by atoms with Gasteiger partial charge < -0.3 is 9.15 Å². The lowest BCUT2D eigenvalue weighted by molar-refractivity contribution is 0.395. The molecule has 0 saturated carbocycles. The van der Waals surface area contributed by atoms with Crippen LogP contribution in [0.4, 0.5) is 0 Å². The van der Waals surface area contributed by atoms with Crippen molar-refractivity contribution in [2.24, 2.45) is 0 Å². The maximum atomic E-state index is 11.2. The largest absolute Gasteiger partial charge is 0.496 e. The third-order valence-electron chi connectivity index (χ3n) is 2.63. The van der Waals surface area contributed by atoms with Crippen molar-refractivity contribution >= 4 is 6.08 Å². The molecule has 17 heavy (non-hydrogen) atoms. The van der Waals surface area contributed by atoms with Gasteiger partial charge in [-0.15, -0.1) is 0 Å². The molecular formula is C14H20O3. The van der Waals surface area contributed by atoms with Gasteiger partial charge in [0.05, 0.1) is 18.7 Å². The fourth-order valence-electron chi connectivity index (χ4n) is 1.68. The van der Waals surface area contributed by atoms with Crippen LogP contribution in [0.2, 0.25) is 0 Å². The summed E-state index contributed by atoms with van der Waals surface area (Å²) in [7, 11) is 1.56. The second kappa shape index (κ2) is 6.94. The van der Waals surface area contributed by atoms with E-state index in [-0.39, 0.29) is 5.63 Å². The summed E-state index contributed by atoms with van der Waals surface area (Å²) in [6.07, 6.45) is 8.74. The van der Waals surface area contributed by atoms with E-state index in [1.54, 1.807) is 14.0 Å². The third-order valence-corrected chi connectivity index (χ3v) is 2.63. The Balaban J connectivity index is 2.79. The standard InChI is InChI=1S/C14H20O3/c1-4-5-6-7-8-9-12-11(2)17-14(15)10-13(12)16-3/h8-10H,4-7H2,1-3H3/b9-8+. The summed E-state index contributed by atoms with van der Waals surface area (Å²) in [5, 5.41) is 0. The highest BCUT2D eigenvalue weighted by atomic mass is 16.5. The van der Waals surface area contributed by atoms with E-state index in [9.17, 15) is 4.79 Å². The second-order valence-corrected chi connectivity index (χ2v) is 4.00. The van der Waals surface area contributed by atoms with Crippen molar-refractivity contribution in [3.8, 4) is 5.75 Å². The molecule has 0 amide bonds. The van der Waals surface area contributed by atoms with E-state index in [0.717, 1.165) is 12.0 Å². The molecule has 0 radical (unpaired) electrons. The van der Waals surface area contributed by atoms with Crippen molar-refractivity contribution in [3.63, 3.8) is 0 Å². The predicted octanol–water partition coefficient (Wildman–Crippen LogP) is 3.55. The molecule has 0 saturated heterocycles. The molecular weight excluding hydrogens is 216 g/mol. The number of hydrogen-bond donors (Lipinski definition) is 0. The van der Waals surface area contributed by atoms with Crippen molar-refractivity contribution in [2.45, 2.75) is 39.5 Å². The predicted molar refractivity (Wildman–Crippen MR) is 69.4 cm³/mol. The van der Waals surface area contributed by atoms with E-state index in [2.05, 4.69) is 13.0 Å². The molecule has 1 heterocycles. The fraction of sp³-hybridized carbons (Fsp3) is 0.500. The van der Waals surface area contributed by atoms with Crippen LogP contribution < -0.4 is 10.4 Å². The highest BCUT2D eigenvalue weighted by Gasteiger charge is 2.06. The average molecular weight is 236 g/mol. The summed E-state index contributed by atoms with van der Waals surface area (Å²) in [6, 6.07) is 1.37. The van der Waals surface area contributed by atoms with Gasteiger partial charge in [0.15, 0.2) is 0 Å². The number of ether oxygens (including phenoxy) is 1. The molecule has 0 aliphatic heterocycles. The van der Waals surface area contributed by atoms with Crippen molar-refractivity contribution in [3.05, 3.63) is 33.9 Å². The van der Waals surface area contributed by atoms with Gasteiger partial charge in [0.2, 0.25) is 0 Å². The molecule has 0 unspecified atom stereocenters. The molecule has 1 rings (SSSR count). The number of hydrogen-bond acceptors (Lipinski definition) is 3. The number of allylic oxidation sites excluding steroid dienone is 1. The third kappa shape index (κ3) is 4.10. The summed E-state index contributed by atoms with van der Waals surface area (Å²) in [6.45, 7) is 3.96. The summed E-state index contributed by atoms with van der Waals surface area (Å²) in [5.74, 6) is 1.17. The van der Waals surface area contributed by atoms with Crippen LogP contribution in [-0.4, -0.2) is 7.11 Å². The number of unbranched alkanes of at least 4 members (excludes halogenated alkanes) is 3. The zero-order valence-corrected chi connectivity index (χ0v) is 10.8. The van der Waals surface area contributed by atoms with E-state index < -0.39 is 0 Å². The smallest absolute Gasteiger partial charge is 0.339 e. The van der Waals surface area contributed by atoms with E-state index in [1.807, 2.05) is 6.08 Å². The van der Waals surface area contributed by atoms with E-state index in [0.29, 0.717) is 11.5 Å². The van der Waals surface area contributed by atoms with Crippen LogP contribution in [0.15, 0.2) is 21.4 Å². The molecule has 0 N–H and O–H groups in total. The first-order valence-electron chi connectivity index (χ1n) is 6.04. The van der Waals surface area contributed by atoms with Gasteiger partial charge in [-0.25, -0.2) is 4.79 Å². The Kier molecular flexibility index (Phi) is 5.53. The van der Waals surface area contributed by atoms with Gasteiger partial charge in [0, 0.05) is 0 Å². The Morgan fingerprint density at radius 1 is 1.41 bits per heavy atom. The summed E-state index contributed by atoms with van der Waals surface area (Å²) in [4.78, 5) is 11.2. The lowest BCUT2D eigenvalue weighted by Gasteiger charge is -2.05. The SMILES string of the molecule is CCCCC/C=C/c1c(OC)cc(=O)oc1C. The van der Waals surface area contributed by atoms with Crippen LogP contribution in [0.1, 0.15) is 43.9 Å². The van der Waals surface area contributed by atoms with Crippen molar-refractivity contribution < 1.29 is 9.15 Å². The average Bonchev–Trinajstić information content (AvgIpc) is 2.30. The Morgan fingerprint density at radius 3 is 2.82 bits per heavy atom. The van der Waals surface area contributed by atoms with Gasteiger partial charge in [0.1, 0.15) is 11.5 Å². The first kappa shape index (κ1) is 13.6. The highest BCUT2D eigenvalue weighted by Crippen LogP contribution is 2.21. The van der Waals surface area contributed by atoms with E-state index in [4.69, 9.17) is 9.15 Å². The molecule has 0 aliphatic carbocycles. The van der Waals surface area contributed by atoms with Crippen LogP contribution in [0, 0.1) is 6.92 Å². The molecule has 3 nitrogen and oxygen atoms in total. The second-order valence-electron chi connectivity index (χ2n) is 4.00. The highest BCUT2D eigenvalue weighted by molar-refractivity contribution is 5.58. The summed E-state index contributed by atoms with van der Waals surface area (Å²) < 4.78 is 10.2. The van der Waals surface area contributed by atoms with Crippen LogP contribution in [0.25, 0.3) is 6.08 Å². The lowest BCUT2D eigenvalue weighted by Crippen LogP contribution is -2.02.